The molecule has 2 aromatic rings. The summed E-state index contributed by atoms with van der Waals surface area (Å²) in [6.45, 7) is 1.10. The third kappa shape index (κ3) is 3.45. The van der Waals surface area contributed by atoms with Gasteiger partial charge in [-0.25, -0.2) is 4.98 Å². The van der Waals surface area contributed by atoms with Crippen LogP contribution in [0.1, 0.15) is 24.3 Å². The van der Waals surface area contributed by atoms with Gasteiger partial charge in [0.05, 0.1) is 5.69 Å². The molecule has 124 valence electrons. The van der Waals surface area contributed by atoms with E-state index in [0.29, 0.717) is 13.1 Å². The zero-order chi connectivity index (χ0) is 16.4. The second-order valence-electron chi connectivity index (χ2n) is 5.80. The van der Waals surface area contributed by atoms with Gasteiger partial charge in [-0.2, -0.15) is 17.0 Å². The van der Waals surface area contributed by atoms with Gasteiger partial charge in [-0.05, 0) is 36.5 Å². The maximum Gasteiger partial charge on any atom is 0.281 e. The molecule has 3 rings (SSSR count). The maximum absolute atomic E-state index is 12.3. The van der Waals surface area contributed by atoms with Crippen molar-refractivity contribution < 1.29 is 8.42 Å². The smallest absolute Gasteiger partial charge is 0.254 e. The highest BCUT2D eigenvalue weighted by atomic mass is 32.2. The standard InChI is InChI=1S/C15H20N4O2S2/c1-18(2)23(20,21)19-8-3-4-13(11-19)12-5-6-16-14(10-12)15-17-7-9-22-15/h5-7,9-10,13H,3-4,8,11H2,1-2H3/t13-/m0/s1. The molecular formula is C15H20N4O2S2. The Bertz CT molecular complexity index is 760. The van der Waals surface area contributed by atoms with Gasteiger partial charge in [-0.15, -0.1) is 11.3 Å². The molecule has 0 saturated carbocycles. The molecule has 1 fully saturated rings. The fourth-order valence-corrected chi connectivity index (χ4v) is 4.62. The lowest BCUT2D eigenvalue weighted by Crippen LogP contribution is -2.44. The van der Waals surface area contributed by atoms with Crippen molar-refractivity contribution >= 4 is 21.5 Å². The van der Waals surface area contributed by atoms with E-state index in [4.69, 9.17) is 0 Å². The molecule has 3 heterocycles. The van der Waals surface area contributed by atoms with Crippen LogP contribution < -0.4 is 0 Å². The Hall–Kier alpha value is -1.35. The number of thiazole rings is 1. The summed E-state index contributed by atoms with van der Waals surface area (Å²) in [7, 11) is -0.203. The second kappa shape index (κ2) is 6.64. The Balaban J connectivity index is 1.83. The normalized spacial score (nSPS) is 20.0. The Kier molecular flexibility index (Phi) is 4.77. The first-order chi connectivity index (χ1) is 11.0. The third-order valence-electron chi connectivity index (χ3n) is 4.08. The molecule has 2 aromatic heterocycles. The van der Waals surface area contributed by atoms with E-state index in [1.807, 2.05) is 17.5 Å². The second-order valence-corrected chi connectivity index (χ2v) is 8.84. The van der Waals surface area contributed by atoms with Crippen molar-refractivity contribution in [2.75, 3.05) is 27.2 Å². The number of aromatic nitrogens is 2. The minimum absolute atomic E-state index is 0.195. The van der Waals surface area contributed by atoms with Crippen LogP contribution in [0.5, 0.6) is 0 Å². The van der Waals surface area contributed by atoms with Gasteiger partial charge in [-0.1, -0.05) is 0 Å². The number of nitrogens with zero attached hydrogens (tertiary/aromatic N) is 4. The lowest BCUT2D eigenvalue weighted by Gasteiger charge is -2.33. The fourth-order valence-electron chi connectivity index (χ4n) is 2.82. The quantitative estimate of drug-likeness (QED) is 0.846. The summed E-state index contributed by atoms with van der Waals surface area (Å²) in [5.41, 5.74) is 1.98. The van der Waals surface area contributed by atoms with Crippen molar-refractivity contribution in [2.45, 2.75) is 18.8 Å². The topological polar surface area (TPSA) is 66.4 Å². The van der Waals surface area contributed by atoms with Gasteiger partial charge in [0.25, 0.3) is 10.2 Å². The first kappa shape index (κ1) is 16.5. The van der Waals surface area contributed by atoms with Gasteiger partial charge in [0.1, 0.15) is 5.01 Å². The summed E-state index contributed by atoms with van der Waals surface area (Å²) >= 11 is 1.55. The largest absolute Gasteiger partial charge is 0.281 e. The summed E-state index contributed by atoms with van der Waals surface area (Å²) in [5.74, 6) is 0.195. The van der Waals surface area contributed by atoms with Crippen LogP contribution >= 0.6 is 11.3 Å². The highest BCUT2D eigenvalue weighted by Crippen LogP contribution is 2.30. The molecule has 0 aliphatic carbocycles. The van der Waals surface area contributed by atoms with Crippen molar-refractivity contribution in [3.63, 3.8) is 0 Å². The average Bonchev–Trinajstić information content (AvgIpc) is 3.09. The average molecular weight is 352 g/mol. The van der Waals surface area contributed by atoms with Gasteiger partial charge in [0, 0.05) is 45.0 Å². The maximum atomic E-state index is 12.3. The molecule has 0 bridgehead atoms. The van der Waals surface area contributed by atoms with Crippen molar-refractivity contribution in [3.8, 4) is 10.7 Å². The number of pyridine rings is 1. The van der Waals surface area contributed by atoms with Crippen LogP contribution in [-0.2, 0) is 10.2 Å². The summed E-state index contributed by atoms with van der Waals surface area (Å²) in [5, 5.41) is 2.82. The molecule has 0 spiro atoms. The predicted molar refractivity (Wildman–Crippen MR) is 91.5 cm³/mol. The summed E-state index contributed by atoms with van der Waals surface area (Å²) in [4.78, 5) is 8.67. The molecule has 0 unspecified atom stereocenters. The zero-order valence-electron chi connectivity index (χ0n) is 13.2. The lowest BCUT2D eigenvalue weighted by atomic mass is 9.92. The molecule has 0 amide bonds. The van der Waals surface area contributed by atoms with Crippen molar-refractivity contribution in [3.05, 3.63) is 35.5 Å². The molecule has 0 N–H and O–H groups in total. The monoisotopic (exact) mass is 352 g/mol. The third-order valence-corrected chi connectivity index (χ3v) is 6.78. The van der Waals surface area contributed by atoms with Gasteiger partial charge >= 0.3 is 0 Å². The highest BCUT2D eigenvalue weighted by molar-refractivity contribution is 7.86. The van der Waals surface area contributed by atoms with E-state index >= 15 is 0 Å². The van der Waals surface area contributed by atoms with Gasteiger partial charge in [-0.3, -0.25) is 4.98 Å². The first-order valence-electron chi connectivity index (χ1n) is 7.52. The Morgan fingerprint density at radius 3 is 2.83 bits per heavy atom. The van der Waals surface area contributed by atoms with E-state index in [1.165, 1.54) is 4.31 Å². The van der Waals surface area contributed by atoms with Gasteiger partial charge in [0.2, 0.25) is 0 Å². The molecule has 1 aliphatic heterocycles. The Morgan fingerprint density at radius 2 is 2.13 bits per heavy atom. The van der Waals surface area contributed by atoms with Crippen molar-refractivity contribution in [2.24, 2.45) is 0 Å². The van der Waals surface area contributed by atoms with E-state index in [0.717, 1.165) is 29.1 Å². The van der Waals surface area contributed by atoms with Gasteiger partial charge < -0.3 is 0 Å². The number of rotatable bonds is 4. The SMILES string of the molecule is CN(C)S(=O)(=O)N1CCC[C@H](c2ccnc(-c3nccs3)c2)C1. The Labute approximate surface area is 141 Å². The Morgan fingerprint density at radius 1 is 1.30 bits per heavy atom. The number of hydrogen-bond acceptors (Lipinski definition) is 5. The first-order valence-corrected chi connectivity index (χ1v) is 9.79. The summed E-state index contributed by atoms with van der Waals surface area (Å²) in [6, 6.07) is 4.02. The van der Waals surface area contributed by atoms with Crippen LogP contribution in [0.4, 0.5) is 0 Å². The van der Waals surface area contributed by atoms with Gasteiger partial charge in [0.15, 0.2) is 0 Å². The summed E-state index contributed by atoms with van der Waals surface area (Å²) in [6.07, 6.45) is 5.40. The number of hydrogen-bond donors (Lipinski definition) is 0. The summed E-state index contributed by atoms with van der Waals surface area (Å²) < 4.78 is 27.5. The molecule has 8 heteroatoms. The predicted octanol–water partition coefficient (Wildman–Crippen LogP) is 2.19. The van der Waals surface area contributed by atoms with E-state index in [9.17, 15) is 8.42 Å². The van der Waals surface area contributed by atoms with E-state index < -0.39 is 10.2 Å². The van der Waals surface area contributed by atoms with E-state index in [-0.39, 0.29) is 5.92 Å². The molecule has 1 atom stereocenters. The van der Waals surface area contributed by atoms with Crippen LogP contribution in [0.3, 0.4) is 0 Å². The van der Waals surface area contributed by atoms with Crippen LogP contribution in [0.15, 0.2) is 29.9 Å². The van der Waals surface area contributed by atoms with Crippen LogP contribution in [0.2, 0.25) is 0 Å². The lowest BCUT2D eigenvalue weighted by molar-refractivity contribution is 0.298. The fraction of sp³-hybridized carbons (Fsp3) is 0.467. The minimum atomic E-state index is -3.35. The van der Waals surface area contributed by atoms with Crippen molar-refractivity contribution in [1.29, 1.82) is 0 Å². The molecule has 0 aromatic carbocycles. The molecular weight excluding hydrogens is 332 g/mol. The molecule has 23 heavy (non-hydrogen) atoms. The van der Waals surface area contributed by atoms with E-state index in [2.05, 4.69) is 9.97 Å². The molecule has 6 nitrogen and oxygen atoms in total. The van der Waals surface area contributed by atoms with Crippen molar-refractivity contribution in [1.82, 2.24) is 18.6 Å². The van der Waals surface area contributed by atoms with Crippen LogP contribution in [0, 0.1) is 0 Å². The van der Waals surface area contributed by atoms with E-state index in [1.54, 1.807) is 42.1 Å². The van der Waals surface area contributed by atoms with Crippen LogP contribution in [-0.4, -0.2) is 54.2 Å². The van der Waals surface area contributed by atoms with Crippen LogP contribution in [0.25, 0.3) is 10.7 Å². The number of piperidine rings is 1. The zero-order valence-corrected chi connectivity index (χ0v) is 14.8. The minimum Gasteiger partial charge on any atom is -0.254 e. The molecule has 1 aliphatic rings. The highest BCUT2D eigenvalue weighted by Gasteiger charge is 2.31. The molecule has 0 radical (unpaired) electrons. The molecule has 1 saturated heterocycles.